The Morgan fingerprint density at radius 2 is 2.10 bits per heavy atom. The van der Waals surface area contributed by atoms with E-state index < -0.39 is 0 Å². The van der Waals surface area contributed by atoms with Gasteiger partial charge in [0.05, 0.1) is 6.61 Å². The summed E-state index contributed by atoms with van der Waals surface area (Å²) >= 11 is 0. The normalized spacial score (nSPS) is 12.7. The monoisotopic (exact) mass is 268 g/mol. The smallest absolute Gasteiger partial charge is 0.122 e. The average molecular weight is 268 g/mol. The van der Waals surface area contributed by atoms with Crippen LogP contribution < -0.4 is 15.0 Å². The van der Waals surface area contributed by atoms with E-state index in [9.17, 15) is 0 Å². The SMILES string of the molecule is CNc1cccc(N(C)Cc2ccc3c(c2)CCO3)c1. The summed E-state index contributed by atoms with van der Waals surface area (Å²) in [5.74, 6) is 1.05. The van der Waals surface area contributed by atoms with Gasteiger partial charge in [-0.25, -0.2) is 0 Å². The number of nitrogens with one attached hydrogen (secondary N) is 1. The first-order valence-corrected chi connectivity index (χ1v) is 7.00. The lowest BCUT2D eigenvalue weighted by molar-refractivity contribution is 0.357. The summed E-state index contributed by atoms with van der Waals surface area (Å²) in [6.45, 7) is 1.72. The Hall–Kier alpha value is -2.16. The standard InChI is InChI=1S/C17H20N2O/c1-18-15-4-3-5-16(11-15)19(2)12-13-6-7-17-14(10-13)8-9-20-17/h3-7,10-11,18H,8-9,12H2,1-2H3. The summed E-state index contributed by atoms with van der Waals surface area (Å²) in [5, 5.41) is 3.18. The second kappa shape index (κ2) is 5.45. The zero-order valence-electron chi connectivity index (χ0n) is 12.0. The van der Waals surface area contributed by atoms with Crippen molar-refractivity contribution in [3.8, 4) is 5.75 Å². The van der Waals surface area contributed by atoms with Crippen LogP contribution in [0, 0.1) is 0 Å². The van der Waals surface area contributed by atoms with Crippen molar-refractivity contribution in [2.24, 2.45) is 0 Å². The van der Waals surface area contributed by atoms with E-state index in [2.05, 4.69) is 59.7 Å². The highest BCUT2D eigenvalue weighted by Crippen LogP contribution is 2.27. The Morgan fingerprint density at radius 1 is 1.20 bits per heavy atom. The molecular weight excluding hydrogens is 248 g/mol. The zero-order chi connectivity index (χ0) is 13.9. The number of hydrogen-bond acceptors (Lipinski definition) is 3. The number of fused-ring (bicyclic) bond motifs is 1. The van der Waals surface area contributed by atoms with Crippen LogP contribution in [0.3, 0.4) is 0 Å². The second-order valence-electron chi connectivity index (χ2n) is 5.20. The highest BCUT2D eigenvalue weighted by atomic mass is 16.5. The Balaban J connectivity index is 1.76. The van der Waals surface area contributed by atoms with Gasteiger partial charge in [0.2, 0.25) is 0 Å². The van der Waals surface area contributed by atoms with Crippen LogP contribution in [0.5, 0.6) is 5.75 Å². The topological polar surface area (TPSA) is 24.5 Å². The predicted molar refractivity (Wildman–Crippen MR) is 83.7 cm³/mol. The number of benzene rings is 2. The lowest BCUT2D eigenvalue weighted by Gasteiger charge is -2.20. The molecule has 0 saturated carbocycles. The van der Waals surface area contributed by atoms with Crippen LogP contribution in [0.4, 0.5) is 11.4 Å². The number of rotatable bonds is 4. The maximum absolute atomic E-state index is 5.55. The number of ether oxygens (including phenoxy) is 1. The molecule has 0 aromatic heterocycles. The van der Waals surface area contributed by atoms with Crippen LogP contribution in [-0.4, -0.2) is 20.7 Å². The molecule has 2 aromatic rings. The van der Waals surface area contributed by atoms with E-state index in [4.69, 9.17) is 4.74 Å². The predicted octanol–water partition coefficient (Wildman–Crippen LogP) is 3.30. The Morgan fingerprint density at radius 3 is 2.95 bits per heavy atom. The Bertz CT molecular complexity index is 610. The van der Waals surface area contributed by atoms with Gasteiger partial charge in [0.15, 0.2) is 0 Å². The van der Waals surface area contributed by atoms with E-state index in [1.165, 1.54) is 16.8 Å². The minimum absolute atomic E-state index is 0.818. The first-order valence-electron chi connectivity index (χ1n) is 7.00. The quantitative estimate of drug-likeness (QED) is 0.920. The fraction of sp³-hybridized carbons (Fsp3) is 0.294. The highest BCUT2D eigenvalue weighted by Gasteiger charge is 2.12. The van der Waals surface area contributed by atoms with Crippen LogP contribution in [0.1, 0.15) is 11.1 Å². The van der Waals surface area contributed by atoms with Gasteiger partial charge in [-0.2, -0.15) is 0 Å². The molecule has 20 heavy (non-hydrogen) atoms. The summed E-state index contributed by atoms with van der Waals surface area (Å²) in [4.78, 5) is 2.26. The summed E-state index contributed by atoms with van der Waals surface area (Å²) in [6.07, 6.45) is 1.03. The van der Waals surface area contributed by atoms with Gasteiger partial charge < -0.3 is 15.0 Å². The highest BCUT2D eigenvalue weighted by molar-refractivity contribution is 5.57. The molecule has 0 saturated heterocycles. The van der Waals surface area contributed by atoms with Gasteiger partial charge in [0, 0.05) is 38.4 Å². The minimum Gasteiger partial charge on any atom is -0.493 e. The van der Waals surface area contributed by atoms with Crippen LogP contribution in [0.15, 0.2) is 42.5 Å². The van der Waals surface area contributed by atoms with Crippen molar-refractivity contribution in [2.45, 2.75) is 13.0 Å². The van der Waals surface area contributed by atoms with Crippen molar-refractivity contribution in [2.75, 3.05) is 30.9 Å². The van der Waals surface area contributed by atoms with Gasteiger partial charge in [-0.15, -0.1) is 0 Å². The van der Waals surface area contributed by atoms with Gasteiger partial charge in [-0.1, -0.05) is 18.2 Å². The van der Waals surface area contributed by atoms with Gasteiger partial charge >= 0.3 is 0 Å². The number of anilines is 2. The van der Waals surface area contributed by atoms with Crippen molar-refractivity contribution in [1.82, 2.24) is 0 Å². The van der Waals surface area contributed by atoms with Gasteiger partial charge in [0.25, 0.3) is 0 Å². The van der Waals surface area contributed by atoms with Crippen LogP contribution in [0.2, 0.25) is 0 Å². The molecule has 0 bridgehead atoms. The van der Waals surface area contributed by atoms with E-state index in [-0.39, 0.29) is 0 Å². The molecule has 0 fully saturated rings. The summed E-state index contributed by atoms with van der Waals surface area (Å²) in [5.41, 5.74) is 5.01. The van der Waals surface area contributed by atoms with Crippen LogP contribution in [-0.2, 0) is 13.0 Å². The van der Waals surface area contributed by atoms with E-state index in [1.807, 2.05) is 7.05 Å². The molecular formula is C17H20N2O. The molecule has 3 rings (SSSR count). The Kier molecular flexibility index (Phi) is 3.50. The van der Waals surface area contributed by atoms with Gasteiger partial charge in [0.1, 0.15) is 5.75 Å². The molecule has 3 heteroatoms. The molecule has 0 atom stereocenters. The maximum atomic E-state index is 5.55. The van der Waals surface area contributed by atoms with Crippen molar-refractivity contribution >= 4 is 11.4 Å². The van der Waals surface area contributed by atoms with Crippen molar-refractivity contribution in [3.05, 3.63) is 53.6 Å². The van der Waals surface area contributed by atoms with Crippen molar-refractivity contribution in [3.63, 3.8) is 0 Å². The van der Waals surface area contributed by atoms with E-state index >= 15 is 0 Å². The van der Waals surface area contributed by atoms with Gasteiger partial charge in [-0.05, 0) is 35.4 Å². The van der Waals surface area contributed by atoms with Crippen LogP contribution in [0.25, 0.3) is 0 Å². The minimum atomic E-state index is 0.818. The van der Waals surface area contributed by atoms with E-state index in [1.54, 1.807) is 0 Å². The van der Waals surface area contributed by atoms with E-state index in [0.717, 1.165) is 31.0 Å². The molecule has 1 aliphatic rings. The second-order valence-corrected chi connectivity index (χ2v) is 5.20. The molecule has 0 radical (unpaired) electrons. The lowest BCUT2D eigenvalue weighted by atomic mass is 10.1. The van der Waals surface area contributed by atoms with E-state index in [0.29, 0.717) is 0 Å². The number of hydrogen-bond donors (Lipinski definition) is 1. The van der Waals surface area contributed by atoms with Gasteiger partial charge in [-0.3, -0.25) is 0 Å². The lowest BCUT2D eigenvalue weighted by Crippen LogP contribution is -2.16. The maximum Gasteiger partial charge on any atom is 0.122 e. The summed E-state index contributed by atoms with van der Waals surface area (Å²) < 4.78 is 5.55. The first-order chi connectivity index (χ1) is 9.76. The molecule has 0 aliphatic carbocycles. The molecule has 2 aromatic carbocycles. The fourth-order valence-electron chi connectivity index (χ4n) is 2.60. The Labute approximate surface area is 120 Å². The molecule has 0 unspecified atom stereocenters. The van der Waals surface area contributed by atoms with Crippen molar-refractivity contribution < 1.29 is 4.74 Å². The largest absolute Gasteiger partial charge is 0.493 e. The number of nitrogens with zero attached hydrogens (tertiary/aromatic N) is 1. The van der Waals surface area contributed by atoms with Crippen LogP contribution >= 0.6 is 0 Å². The zero-order valence-corrected chi connectivity index (χ0v) is 12.0. The molecule has 1 heterocycles. The molecule has 3 nitrogen and oxygen atoms in total. The summed E-state index contributed by atoms with van der Waals surface area (Å²) in [7, 11) is 4.07. The fourth-order valence-corrected chi connectivity index (χ4v) is 2.60. The first kappa shape index (κ1) is 12.9. The molecule has 1 N–H and O–H groups in total. The van der Waals surface area contributed by atoms with Crippen molar-refractivity contribution in [1.29, 1.82) is 0 Å². The molecule has 104 valence electrons. The average Bonchev–Trinajstić information content (AvgIpc) is 2.95. The third-order valence-electron chi connectivity index (χ3n) is 3.75. The molecule has 1 aliphatic heterocycles. The molecule has 0 amide bonds. The summed E-state index contributed by atoms with van der Waals surface area (Å²) in [6, 6.07) is 15.0. The molecule has 0 spiro atoms. The third kappa shape index (κ3) is 2.57. The third-order valence-corrected chi connectivity index (χ3v) is 3.75.